The van der Waals surface area contributed by atoms with E-state index in [4.69, 9.17) is 20.3 Å². The van der Waals surface area contributed by atoms with Crippen LogP contribution in [0.2, 0.25) is 0 Å². The number of halogens is 1. The summed E-state index contributed by atoms with van der Waals surface area (Å²) in [6.45, 7) is 0.435. The first-order valence-electron chi connectivity index (χ1n) is 7.78. The molecule has 0 spiro atoms. The zero-order chi connectivity index (χ0) is 19.3. The van der Waals surface area contributed by atoms with E-state index in [1.165, 1.54) is 10.9 Å². The molecule has 1 unspecified atom stereocenters. The van der Waals surface area contributed by atoms with Gasteiger partial charge in [0.2, 0.25) is 5.95 Å². The van der Waals surface area contributed by atoms with Crippen LogP contribution in [0, 0.1) is 0 Å². The number of ether oxygens (including phenoxy) is 1. The molecular formula is C13H23FN7O4P. The van der Waals surface area contributed by atoms with Crippen molar-refractivity contribution in [3.63, 3.8) is 0 Å². The number of likely N-dealkylation sites (N-methyl/N-ethyl adjacent to an activating group) is 1. The van der Waals surface area contributed by atoms with Crippen molar-refractivity contribution >= 4 is 30.5 Å². The van der Waals surface area contributed by atoms with Gasteiger partial charge in [0.05, 0.1) is 12.9 Å². The summed E-state index contributed by atoms with van der Waals surface area (Å²) in [4.78, 5) is 32.2. The van der Waals surface area contributed by atoms with Crippen LogP contribution in [0.25, 0.3) is 11.2 Å². The van der Waals surface area contributed by atoms with Gasteiger partial charge in [0.25, 0.3) is 0 Å². The van der Waals surface area contributed by atoms with Crippen molar-refractivity contribution in [2.24, 2.45) is 0 Å². The molecule has 2 aromatic heterocycles. The molecule has 2 rings (SSSR count). The topological polar surface area (TPSA) is 152 Å². The predicted octanol–water partition coefficient (Wildman–Crippen LogP) is -0.128. The molecule has 13 heteroatoms. The van der Waals surface area contributed by atoms with Gasteiger partial charge < -0.3 is 35.0 Å². The lowest BCUT2D eigenvalue weighted by atomic mass is 10.4. The van der Waals surface area contributed by atoms with E-state index in [2.05, 4.69) is 20.3 Å². The summed E-state index contributed by atoms with van der Waals surface area (Å²) >= 11 is 0. The molecule has 0 aromatic carbocycles. The van der Waals surface area contributed by atoms with Crippen LogP contribution in [0.3, 0.4) is 0 Å². The molecule has 0 fully saturated rings. The van der Waals surface area contributed by atoms with Crippen LogP contribution < -0.4 is 11.1 Å². The molecule has 0 radical (unpaired) electrons. The van der Waals surface area contributed by atoms with Crippen LogP contribution in [0.5, 0.6) is 0 Å². The number of nitrogen functional groups attached to an aromatic ring is 1. The molecule has 5 N–H and O–H groups in total. The number of aromatic nitrogens is 4. The SMILES string of the molecule is CN(C)CCNc1nc(N)nc2c1ncn2CC(CF)OCP(=O)(O)O. The molecule has 0 saturated carbocycles. The van der Waals surface area contributed by atoms with Crippen LogP contribution in [0.1, 0.15) is 0 Å². The smallest absolute Gasteiger partial charge is 0.350 e. The second kappa shape index (κ2) is 8.69. The molecule has 0 bridgehead atoms. The van der Waals surface area contributed by atoms with Gasteiger partial charge in [-0.1, -0.05) is 0 Å². The number of hydrogen-bond donors (Lipinski definition) is 4. The standard InChI is InChI=1S/C13H23FN7O4P/c1-20(2)4-3-16-11-10-12(19-13(15)18-11)21(7-17-10)6-9(5-14)25-8-26(22,23)24/h7,9H,3-6,8H2,1-2H3,(H2,22,23,24)(H3,15,16,18,19). The lowest BCUT2D eigenvalue weighted by Crippen LogP contribution is -2.23. The van der Waals surface area contributed by atoms with Gasteiger partial charge in [0, 0.05) is 13.1 Å². The van der Waals surface area contributed by atoms with Gasteiger partial charge in [-0.2, -0.15) is 9.97 Å². The van der Waals surface area contributed by atoms with Gasteiger partial charge >= 0.3 is 7.60 Å². The average molecular weight is 391 g/mol. The predicted molar refractivity (Wildman–Crippen MR) is 94.5 cm³/mol. The Kier molecular flexibility index (Phi) is 6.84. The van der Waals surface area contributed by atoms with Crippen molar-refractivity contribution in [1.82, 2.24) is 24.4 Å². The second-order valence-electron chi connectivity index (χ2n) is 5.97. The summed E-state index contributed by atoms with van der Waals surface area (Å²) in [7, 11) is -0.502. The van der Waals surface area contributed by atoms with Gasteiger partial charge in [0.1, 0.15) is 19.1 Å². The van der Waals surface area contributed by atoms with Gasteiger partial charge in [0.15, 0.2) is 17.0 Å². The summed E-state index contributed by atoms with van der Waals surface area (Å²) in [5.41, 5.74) is 6.58. The first kappa shape index (κ1) is 20.5. The molecule has 0 aliphatic carbocycles. The van der Waals surface area contributed by atoms with E-state index in [0.29, 0.717) is 23.5 Å². The minimum Gasteiger partial charge on any atom is -0.368 e. The third-order valence-corrected chi connectivity index (χ3v) is 3.87. The van der Waals surface area contributed by atoms with E-state index in [0.717, 1.165) is 6.54 Å². The number of nitrogens with zero attached hydrogens (tertiary/aromatic N) is 5. The normalized spacial score (nSPS) is 13.5. The molecule has 0 aliphatic heterocycles. The molecular weight excluding hydrogens is 368 g/mol. The van der Waals surface area contributed by atoms with Gasteiger partial charge in [-0.05, 0) is 14.1 Å². The molecule has 0 saturated heterocycles. The van der Waals surface area contributed by atoms with Crippen molar-refractivity contribution in [3.05, 3.63) is 6.33 Å². The van der Waals surface area contributed by atoms with Crippen molar-refractivity contribution < 1.29 is 23.5 Å². The van der Waals surface area contributed by atoms with Crippen LogP contribution in [0.4, 0.5) is 16.2 Å². The Morgan fingerprint density at radius 1 is 1.46 bits per heavy atom. The van der Waals surface area contributed by atoms with E-state index in [1.807, 2.05) is 19.0 Å². The minimum atomic E-state index is -4.38. The highest BCUT2D eigenvalue weighted by atomic mass is 31.2. The van der Waals surface area contributed by atoms with E-state index in [-0.39, 0.29) is 12.5 Å². The monoisotopic (exact) mass is 391 g/mol. The van der Waals surface area contributed by atoms with E-state index in [9.17, 15) is 8.96 Å². The number of alkyl halides is 1. The number of nitrogens with one attached hydrogen (secondary N) is 1. The summed E-state index contributed by atoms with van der Waals surface area (Å²) in [5.74, 6) is 0.487. The number of hydrogen-bond acceptors (Lipinski definition) is 8. The lowest BCUT2D eigenvalue weighted by molar-refractivity contribution is 0.0445. The summed E-state index contributed by atoms with van der Waals surface area (Å²) in [5, 5.41) is 3.13. The molecule has 0 amide bonds. The number of fused-ring (bicyclic) bond motifs is 1. The first-order valence-corrected chi connectivity index (χ1v) is 9.58. The Morgan fingerprint density at radius 3 is 2.81 bits per heavy atom. The maximum absolute atomic E-state index is 13.1. The number of anilines is 2. The Morgan fingerprint density at radius 2 is 2.19 bits per heavy atom. The van der Waals surface area contributed by atoms with Crippen molar-refractivity contribution in [3.8, 4) is 0 Å². The fraction of sp³-hybridized carbons (Fsp3) is 0.615. The Balaban J connectivity index is 2.18. The number of imidazole rings is 1. The summed E-state index contributed by atoms with van der Waals surface area (Å²) in [6, 6.07) is 0. The molecule has 0 aliphatic rings. The van der Waals surface area contributed by atoms with Gasteiger partial charge in [-0.15, -0.1) is 0 Å². The highest BCUT2D eigenvalue weighted by Crippen LogP contribution is 2.34. The van der Waals surface area contributed by atoms with Crippen LogP contribution in [-0.4, -0.2) is 80.5 Å². The second-order valence-corrected chi connectivity index (χ2v) is 7.55. The summed E-state index contributed by atoms with van der Waals surface area (Å²) < 4.78 is 30.5. The van der Waals surface area contributed by atoms with Crippen molar-refractivity contribution in [2.75, 3.05) is 51.3 Å². The summed E-state index contributed by atoms with van der Waals surface area (Å²) in [6.07, 6.45) is -0.483. The highest BCUT2D eigenvalue weighted by molar-refractivity contribution is 7.51. The quantitative estimate of drug-likeness (QED) is 0.403. The van der Waals surface area contributed by atoms with E-state index >= 15 is 0 Å². The maximum Gasteiger partial charge on any atom is 0.350 e. The van der Waals surface area contributed by atoms with Gasteiger partial charge in [-0.3, -0.25) is 4.57 Å². The van der Waals surface area contributed by atoms with Crippen LogP contribution in [0.15, 0.2) is 6.33 Å². The largest absolute Gasteiger partial charge is 0.368 e. The number of nitrogens with two attached hydrogens (primary N) is 1. The third-order valence-electron chi connectivity index (χ3n) is 3.38. The number of rotatable bonds is 10. The van der Waals surface area contributed by atoms with Crippen molar-refractivity contribution in [2.45, 2.75) is 12.6 Å². The molecule has 1 atom stereocenters. The van der Waals surface area contributed by atoms with Crippen LogP contribution >= 0.6 is 7.60 Å². The molecule has 2 aromatic rings. The molecule has 26 heavy (non-hydrogen) atoms. The third kappa shape index (κ3) is 5.85. The molecule has 146 valence electrons. The van der Waals surface area contributed by atoms with Crippen molar-refractivity contribution in [1.29, 1.82) is 0 Å². The van der Waals surface area contributed by atoms with Crippen LogP contribution in [-0.2, 0) is 15.8 Å². The Bertz CT molecular complexity index is 781. The molecule has 2 heterocycles. The average Bonchev–Trinajstić information content (AvgIpc) is 2.92. The molecule has 11 nitrogen and oxygen atoms in total. The zero-order valence-corrected chi connectivity index (χ0v) is 15.4. The van der Waals surface area contributed by atoms with Gasteiger partial charge in [-0.25, -0.2) is 9.37 Å². The Hall–Kier alpha value is -1.85. The fourth-order valence-electron chi connectivity index (χ4n) is 2.18. The first-order chi connectivity index (χ1) is 12.2. The Labute approximate surface area is 149 Å². The maximum atomic E-state index is 13.1. The lowest BCUT2D eigenvalue weighted by Gasteiger charge is -2.16. The fourth-order valence-corrected chi connectivity index (χ4v) is 2.59. The van der Waals surface area contributed by atoms with E-state index in [1.54, 1.807) is 0 Å². The zero-order valence-electron chi connectivity index (χ0n) is 14.5. The highest BCUT2D eigenvalue weighted by Gasteiger charge is 2.20. The minimum absolute atomic E-state index is 0.0272. The van der Waals surface area contributed by atoms with E-state index < -0.39 is 26.7 Å².